The lowest BCUT2D eigenvalue weighted by molar-refractivity contribution is 0.483. The molecule has 6 nitrogen and oxygen atoms in total. The SMILES string of the molecule is CC(C)(C)c1cc(-c2ccccc2)cc(-c2cccc(-c3cc(C(C)(C)C)cc(C(C)(C)C)c3)c2N2CN(c3cccc(Oc4ccc5c6c7oc8ccccc8c7ccc6n(-c6cc(C(C)(C)C)ccn6)c5c4)c3)c3ccccc32)c1. The Morgan fingerprint density at radius 2 is 1.00 bits per heavy atom. The van der Waals surface area contributed by atoms with Gasteiger partial charge in [-0.15, -0.1) is 0 Å². The van der Waals surface area contributed by atoms with E-state index in [1.165, 1.54) is 61.3 Å². The molecule has 6 heteroatoms. The molecule has 4 heterocycles. The predicted octanol–water partition coefficient (Wildman–Crippen LogP) is 21.3. The van der Waals surface area contributed by atoms with E-state index in [2.05, 4.69) is 286 Å². The van der Waals surface area contributed by atoms with Crippen molar-refractivity contribution in [3.05, 3.63) is 229 Å². The van der Waals surface area contributed by atoms with Gasteiger partial charge in [-0.1, -0.05) is 198 Å². The number of furan rings is 1. The van der Waals surface area contributed by atoms with Crippen molar-refractivity contribution < 1.29 is 9.15 Å². The Morgan fingerprint density at radius 1 is 0.415 bits per heavy atom. The zero-order valence-electron chi connectivity index (χ0n) is 49.4. The van der Waals surface area contributed by atoms with Crippen molar-refractivity contribution in [3.63, 3.8) is 0 Å². The lowest BCUT2D eigenvalue weighted by atomic mass is 9.78. The van der Waals surface area contributed by atoms with E-state index in [-0.39, 0.29) is 21.7 Å². The maximum Gasteiger partial charge on any atom is 0.145 e. The molecule has 0 aliphatic carbocycles. The maximum absolute atomic E-state index is 7.01. The Kier molecular flexibility index (Phi) is 12.4. The highest BCUT2D eigenvalue weighted by Gasteiger charge is 2.33. The van der Waals surface area contributed by atoms with Crippen molar-refractivity contribution in [1.29, 1.82) is 0 Å². The average Bonchev–Trinajstić information content (AvgIpc) is 3.40. The minimum absolute atomic E-state index is 0.0643. The number of nitrogens with zero attached hydrogens (tertiary/aromatic N) is 4. The average molecular weight is 1070 g/mol. The molecule has 13 rings (SSSR count). The third-order valence-corrected chi connectivity index (χ3v) is 16.7. The lowest BCUT2D eigenvalue weighted by Gasteiger charge is -2.30. The third-order valence-electron chi connectivity index (χ3n) is 16.7. The second-order valence-electron chi connectivity index (χ2n) is 26.6. The number of hydrogen-bond donors (Lipinski definition) is 0. The largest absolute Gasteiger partial charge is 0.457 e. The van der Waals surface area contributed by atoms with E-state index in [9.17, 15) is 0 Å². The van der Waals surface area contributed by atoms with Crippen molar-refractivity contribution in [2.75, 3.05) is 16.5 Å². The van der Waals surface area contributed by atoms with Crippen molar-refractivity contribution in [3.8, 4) is 50.7 Å². The van der Waals surface area contributed by atoms with Crippen molar-refractivity contribution in [2.24, 2.45) is 0 Å². The molecule has 1 aliphatic heterocycles. The first-order valence-electron chi connectivity index (χ1n) is 28.9. The molecule has 0 atom stereocenters. The van der Waals surface area contributed by atoms with Gasteiger partial charge in [0.05, 0.1) is 33.5 Å². The van der Waals surface area contributed by atoms with Crippen LogP contribution in [0.1, 0.15) is 105 Å². The van der Waals surface area contributed by atoms with Gasteiger partial charge in [0.1, 0.15) is 35.2 Å². The van der Waals surface area contributed by atoms with E-state index in [0.717, 1.165) is 78.1 Å². The van der Waals surface area contributed by atoms with Crippen LogP contribution < -0.4 is 14.5 Å². The van der Waals surface area contributed by atoms with Crippen LogP contribution in [0.2, 0.25) is 0 Å². The monoisotopic (exact) mass is 1070 g/mol. The van der Waals surface area contributed by atoms with Gasteiger partial charge in [-0.25, -0.2) is 4.98 Å². The molecule has 9 aromatic carbocycles. The van der Waals surface area contributed by atoms with Gasteiger partial charge in [-0.05, 0) is 139 Å². The summed E-state index contributed by atoms with van der Waals surface area (Å²) < 4.78 is 16.0. The minimum Gasteiger partial charge on any atom is -0.457 e. The number of benzene rings is 9. The van der Waals surface area contributed by atoms with E-state index >= 15 is 0 Å². The summed E-state index contributed by atoms with van der Waals surface area (Å²) in [6.45, 7) is 28.2. The highest BCUT2D eigenvalue weighted by atomic mass is 16.5. The van der Waals surface area contributed by atoms with Crippen LogP contribution in [0.3, 0.4) is 0 Å². The molecule has 0 saturated heterocycles. The smallest absolute Gasteiger partial charge is 0.145 e. The van der Waals surface area contributed by atoms with E-state index in [0.29, 0.717) is 6.67 Å². The lowest BCUT2D eigenvalue weighted by Crippen LogP contribution is -2.25. The molecule has 3 aromatic heterocycles. The molecule has 0 amide bonds. The fourth-order valence-electron chi connectivity index (χ4n) is 12.0. The van der Waals surface area contributed by atoms with Gasteiger partial charge in [0.25, 0.3) is 0 Å². The van der Waals surface area contributed by atoms with Crippen LogP contribution >= 0.6 is 0 Å². The van der Waals surface area contributed by atoms with E-state index < -0.39 is 0 Å². The predicted molar refractivity (Wildman–Crippen MR) is 346 cm³/mol. The van der Waals surface area contributed by atoms with Gasteiger partial charge >= 0.3 is 0 Å². The van der Waals surface area contributed by atoms with Gasteiger partial charge in [-0.3, -0.25) is 4.57 Å². The van der Waals surface area contributed by atoms with Crippen molar-refractivity contribution in [1.82, 2.24) is 9.55 Å². The van der Waals surface area contributed by atoms with Crippen LogP contribution in [0.4, 0.5) is 22.7 Å². The normalized spacial score (nSPS) is 13.3. The van der Waals surface area contributed by atoms with E-state index in [1.54, 1.807) is 0 Å². The standard InChI is InChI=1S/C76H72N4O2/c1-73(2,3)52-36-37-77-69(44-52)80-66-35-34-62-61-26-16-19-31-68(61)82-72(62)70(66)63-33-32-58(46-67(63)80)81-57-25-20-24-56(45-57)78-47-79(65-30-18-17-29-64(65)78)71-59(50-38-49(48-22-14-13-15-23-48)39-53(40-50)74(4,5)6)27-21-28-60(71)51-41-54(75(7,8)9)43-55(42-51)76(10,11)12/h13-46H,47H2,1-12H3. The van der Waals surface area contributed by atoms with E-state index in [4.69, 9.17) is 14.1 Å². The summed E-state index contributed by atoms with van der Waals surface area (Å²) in [5, 5.41) is 4.31. The number of aromatic nitrogens is 2. The molecule has 82 heavy (non-hydrogen) atoms. The van der Waals surface area contributed by atoms with Gasteiger partial charge in [0.15, 0.2) is 0 Å². The molecule has 1 aliphatic rings. The number of rotatable bonds is 8. The molecule has 0 N–H and O–H groups in total. The molecule has 0 saturated carbocycles. The fourth-order valence-corrected chi connectivity index (χ4v) is 12.0. The van der Waals surface area contributed by atoms with Crippen LogP contribution in [-0.2, 0) is 21.7 Å². The van der Waals surface area contributed by atoms with E-state index in [1.807, 2.05) is 18.3 Å². The molecule has 0 radical (unpaired) electrons. The first kappa shape index (κ1) is 52.5. The molecule has 0 fully saturated rings. The Labute approximate surface area is 483 Å². The molecular formula is C76H72N4O2. The zero-order valence-corrected chi connectivity index (χ0v) is 49.4. The van der Waals surface area contributed by atoms with Crippen LogP contribution in [0, 0.1) is 0 Å². The summed E-state index contributed by atoms with van der Waals surface area (Å²) in [5.41, 5.74) is 20.3. The summed E-state index contributed by atoms with van der Waals surface area (Å²) in [4.78, 5) is 10.0. The number of anilines is 4. The Balaban J connectivity index is 0.943. The minimum atomic E-state index is -0.0915. The number of pyridine rings is 1. The van der Waals surface area contributed by atoms with Gasteiger partial charge in [-0.2, -0.15) is 0 Å². The Morgan fingerprint density at radius 3 is 1.70 bits per heavy atom. The first-order chi connectivity index (χ1) is 39.2. The maximum atomic E-state index is 7.01. The molecule has 0 unspecified atom stereocenters. The molecule has 0 bridgehead atoms. The quantitative estimate of drug-likeness (QED) is 0.152. The van der Waals surface area contributed by atoms with Crippen molar-refractivity contribution in [2.45, 2.75) is 105 Å². The van der Waals surface area contributed by atoms with Crippen LogP contribution in [0.5, 0.6) is 11.5 Å². The van der Waals surface area contributed by atoms with Gasteiger partial charge < -0.3 is 19.0 Å². The van der Waals surface area contributed by atoms with Crippen LogP contribution in [-0.4, -0.2) is 16.2 Å². The second kappa shape index (κ2) is 19.4. The highest BCUT2D eigenvalue weighted by molar-refractivity contribution is 6.24. The van der Waals surface area contributed by atoms with Gasteiger partial charge in [0.2, 0.25) is 0 Å². The Hall–Kier alpha value is -8.87. The van der Waals surface area contributed by atoms with Crippen LogP contribution in [0.15, 0.2) is 211 Å². The number of fused-ring (bicyclic) bond motifs is 8. The Bertz CT molecular complexity index is 4420. The number of hydrogen-bond acceptors (Lipinski definition) is 5. The molecule has 408 valence electrons. The summed E-state index contributed by atoms with van der Waals surface area (Å²) in [6, 6.07) is 73.1. The molecule has 12 aromatic rings. The zero-order chi connectivity index (χ0) is 57.0. The highest BCUT2D eigenvalue weighted by Crippen LogP contribution is 2.52. The summed E-state index contributed by atoms with van der Waals surface area (Å²) in [7, 11) is 0. The summed E-state index contributed by atoms with van der Waals surface area (Å²) in [5.74, 6) is 2.31. The van der Waals surface area contributed by atoms with Crippen LogP contribution in [0.25, 0.3) is 82.9 Å². The topological polar surface area (TPSA) is 46.7 Å². The third kappa shape index (κ3) is 9.38. The molecular weight excluding hydrogens is 1000 g/mol. The fraction of sp³-hybridized carbons (Fsp3) is 0.224. The second-order valence-corrected chi connectivity index (χ2v) is 26.6. The summed E-state index contributed by atoms with van der Waals surface area (Å²) >= 11 is 0. The van der Waals surface area contributed by atoms with Gasteiger partial charge in [0, 0.05) is 51.3 Å². The summed E-state index contributed by atoms with van der Waals surface area (Å²) in [6.07, 6.45) is 1.93. The first-order valence-corrected chi connectivity index (χ1v) is 28.9. The number of ether oxygens (including phenoxy) is 1. The molecule has 0 spiro atoms. The number of para-hydroxylation sites is 4. The van der Waals surface area contributed by atoms with Crippen molar-refractivity contribution >= 4 is 66.5 Å².